The minimum absolute atomic E-state index is 0.638. The van der Waals surface area contributed by atoms with Crippen LogP contribution in [-0.4, -0.2) is 6.54 Å². The van der Waals surface area contributed by atoms with E-state index >= 15 is 0 Å². The Hall–Kier alpha value is -1.69. The van der Waals surface area contributed by atoms with Crippen LogP contribution in [0.15, 0.2) is 18.2 Å². The Morgan fingerprint density at radius 2 is 2.06 bits per heavy atom. The third-order valence-corrected chi connectivity index (χ3v) is 3.76. The minimum Gasteiger partial charge on any atom is -0.399 e. The van der Waals surface area contributed by atoms with Crippen LogP contribution < -0.4 is 11.1 Å². The van der Waals surface area contributed by atoms with Gasteiger partial charge in [0.1, 0.15) is 6.07 Å². The number of nitriles is 1. The van der Waals surface area contributed by atoms with E-state index in [1.165, 1.54) is 38.5 Å². The van der Waals surface area contributed by atoms with E-state index in [0.29, 0.717) is 11.3 Å². The number of nitrogens with one attached hydrogen (secondary N) is 1. The van der Waals surface area contributed by atoms with Gasteiger partial charge in [-0.25, -0.2) is 0 Å². The van der Waals surface area contributed by atoms with Crippen LogP contribution in [0.1, 0.15) is 44.1 Å². The van der Waals surface area contributed by atoms with Crippen LogP contribution in [0.4, 0.5) is 11.4 Å². The molecule has 3 heteroatoms. The van der Waals surface area contributed by atoms with Crippen LogP contribution in [0.2, 0.25) is 0 Å². The molecule has 2 rings (SSSR count). The molecule has 0 aromatic heterocycles. The van der Waals surface area contributed by atoms with E-state index < -0.39 is 0 Å². The van der Waals surface area contributed by atoms with Gasteiger partial charge in [-0.1, -0.05) is 32.1 Å². The summed E-state index contributed by atoms with van der Waals surface area (Å²) in [5, 5.41) is 12.4. The first-order valence-electron chi connectivity index (χ1n) is 6.83. The highest BCUT2D eigenvalue weighted by atomic mass is 14.9. The van der Waals surface area contributed by atoms with Crippen molar-refractivity contribution in [3.05, 3.63) is 23.8 Å². The molecule has 1 fully saturated rings. The summed E-state index contributed by atoms with van der Waals surface area (Å²) in [6, 6.07) is 7.64. The van der Waals surface area contributed by atoms with E-state index in [-0.39, 0.29) is 0 Å². The number of hydrogen-bond donors (Lipinski definition) is 2. The average Bonchev–Trinajstić information content (AvgIpc) is 2.41. The number of rotatable bonds is 4. The maximum Gasteiger partial charge on any atom is 0.101 e. The van der Waals surface area contributed by atoms with Gasteiger partial charge in [0.15, 0.2) is 0 Å². The summed E-state index contributed by atoms with van der Waals surface area (Å²) in [6.45, 7) is 0.948. The lowest BCUT2D eigenvalue weighted by molar-refractivity contribution is 0.345. The van der Waals surface area contributed by atoms with Crippen molar-refractivity contribution in [2.24, 2.45) is 5.92 Å². The number of hydrogen-bond acceptors (Lipinski definition) is 3. The SMILES string of the molecule is N#Cc1cc(N)ccc1NCCC1CCCCC1. The van der Waals surface area contributed by atoms with Gasteiger partial charge in [0.25, 0.3) is 0 Å². The zero-order valence-electron chi connectivity index (χ0n) is 10.8. The van der Waals surface area contributed by atoms with Gasteiger partial charge < -0.3 is 11.1 Å². The normalized spacial score (nSPS) is 16.2. The number of anilines is 2. The van der Waals surface area contributed by atoms with Crippen molar-refractivity contribution in [3.63, 3.8) is 0 Å². The summed E-state index contributed by atoms with van der Waals surface area (Å²) in [6.07, 6.45) is 8.12. The zero-order chi connectivity index (χ0) is 12.8. The molecule has 0 atom stereocenters. The summed E-state index contributed by atoms with van der Waals surface area (Å²) >= 11 is 0. The van der Waals surface area contributed by atoms with Crippen LogP contribution >= 0.6 is 0 Å². The smallest absolute Gasteiger partial charge is 0.101 e. The van der Waals surface area contributed by atoms with Gasteiger partial charge in [-0.3, -0.25) is 0 Å². The molecule has 1 aliphatic carbocycles. The lowest BCUT2D eigenvalue weighted by atomic mass is 9.87. The van der Waals surface area contributed by atoms with Crippen LogP contribution in [0.5, 0.6) is 0 Å². The molecular weight excluding hydrogens is 222 g/mol. The molecule has 0 unspecified atom stereocenters. The summed E-state index contributed by atoms with van der Waals surface area (Å²) in [4.78, 5) is 0. The third-order valence-electron chi connectivity index (χ3n) is 3.76. The van der Waals surface area contributed by atoms with Gasteiger partial charge in [-0.05, 0) is 30.5 Å². The second-order valence-corrected chi connectivity index (χ2v) is 5.14. The zero-order valence-corrected chi connectivity index (χ0v) is 10.8. The summed E-state index contributed by atoms with van der Waals surface area (Å²) in [5.74, 6) is 0.866. The molecule has 1 aromatic rings. The van der Waals surface area contributed by atoms with Gasteiger partial charge >= 0.3 is 0 Å². The molecular formula is C15H21N3. The molecule has 0 amide bonds. The fraction of sp³-hybridized carbons (Fsp3) is 0.533. The van der Waals surface area contributed by atoms with E-state index in [4.69, 9.17) is 11.0 Å². The molecule has 0 radical (unpaired) electrons. The molecule has 18 heavy (non-hydrogen) atoms. The monoisotopic (exact) mass is 243 g/mol. The first-order chi connectivity index (χ1) is 8.79. The van der Waals surface area contributed by atoms with Gasteiger partial charge in [0.2, 0.25) is 0 Å². The van der Waals surface area contributed by atoms with Crippen molar-refractivity contribution in [1.82, 2.24) is 0 Å². The topological polar surface area (TPSA) is 61.8 Å². The largest absolute Gasteiger partial charge is 0.399 e. The molecule has 3 N–H and O–H groups in total. The van der Waals surface area contributed by atoms with Crippen molar-refractivity contribution < 1.29 is 0 Å². The Balaban J connectivity index is 1.84. The summed E-state index contributed by atoms with van der Waals surface area (Å²) in [5.41, 5.74) is 7.86. The first-order valence-corrected chi connectivity index (χ1v) is 6.83. The average molecular weight is 243 g/mol. The van der Waals surface area contributed by atoms with Crippen LogP contribution in [0.3, 0.4) is 0 Å². The maximum absolute atomic E-state index is 9.05. The number of nitrogen functional groups attached to an aromatic ring is 1. The van der Waals surface area contributed by atoms with Crippen LogP contribution in [-0.2, 0) is 0 Å². The van der Waals surface area contributed by atoms with Crippen molar-refractivity contribution in [3.8, 4) is 6.07 Å². The quantitative estimate of drug-likeness (QED) is 0.795. The van der Waals surface area contributed by atoms with Gasteiger partial charge in [0, 0.05) is 12.2 Å². The second kappa shape index (κ2) is 6.30. The molecule has 3 nitrogen and oxygen atoms in total. The molecule has 96 valence electrons. The van der Waals surface area contributed by atoms with E-state index in [1.807, 2.05) is 12.1 Å². The van der Waals surface area contributed by atoms with Crippen molar-refractivity contribution >= 4 is 11.4 Å². The van der Waals surface area contributed by atoms with Gasteiger partial charge in [-0.15, -0.1) is 0 Å². The molecule has 0 bridgehead atoms. The van der Waals surface area contributed by atoms with E-state index in [9.17, 15) is 0 Å². The Bertz CT molecular complexity index is 428. The van der Waals surface area contributed by atoms with Crippen molar-refractivity contribution in [2.75, 3.05) is 17.6 Å². The molecule has 1 aromatic carbocycles. The van der Waals surface area contributed by atoms with Gasteiger partial charge in [0.05, 0.1) is 11.3 Å². The van der Waals surface area contributed by atoms with Crippen molar-refractivity contribution in [1.29, 1.82) is 5.26 Å². The highest BCUT2D eigenvalue weighted by molar-refractivity contribution is 5.62. The highest BCUT2D eigenvalue weighted by Crippen LogP contribution is 2.26. The van der Waals surface area contributed by atoms with Crippen molar-refractivity contribution in [2.45, 2.75) is 38.5 Å². The fourth-order valence-corrected chi connectivity index (χ4v) is 2.70. The number of nitrogens with zero attached hydrogens (tertiary/aromatic N) is 1. The number of benzene rings is 1. The molecule has 0 saturated heterocycles. The van der Waals surface area contributed by atoms with E-state index in [2.05, 4.69) is 11.4 Å². The Labute approximate surface area is 109 Å². The van der Waals surface area contributed by atoms with E-state index in [0.717, 1.165) is 18.2 Å². The summed E-state index contributed by atoms with van der Waals surface area (Å²) in [7, 11) is 0. The molecule has 0 aliphatic heterocycles. The lowest BCUT2D eigenvalue weighted by Gasteiger charge is -2.21. The standard InChI is InChI=1S/C15H21N3/c16-11-13-10-14(17)6-7-15(13)18-9-8-12-4-2-1-3-5-12/h6-7,10,12,18H,1-5,8-9,17H2. The molecule has 1 aliphatic rings. The highest BCUT2D eigenvalue weighted by Gasteiger charge is 2.12. The fourth-order valence-electron chi connectivity index (χ4n) is 2.70. The Kier molecular flexibility index (Phi) is 4.46. The second-order valence-electron chi connectivity index (χ2n) is 5.14. The predicted octanol–water partition coefficient (Wildman–Crippen LogP) is 3.52. The first kappa shape index (κ1) is 12.8. The Morgan fingerprint density at radius 1 is 1.28 bits per heavy atom. The van der Waals surface area contributed by atoms with Crippen LogP contribution in [0.25, 0.3) is 0 Å². The van der Waals surface area contributed by atoms with Gasteiger partial charge in [-0.2, -0.15) is 5.26 Å². The summed E-state index contributed by atoms with van der Waals surface area (Å²) < 4.78 is 0. The predicted molar refractivity (Wildman–Crippen MR) is 75.3 cm³/mol. The molecule has 0 spiro atoms. The molecule has 1 saturated carbocycles. The number of nitrogens with two attached hydrogens (primary N) is 1. The van der Waals surface area contributed by atoms with Crippen LogP contribution in [0, 0.1) is 17.2 Å². The minimum atomic E-state index is 0.638. The van der Waals surface area contributed by atoms with E-state index in [1.54, 1.807) is 6.07 Å². The molecule has 0 heterocycles. The maximum atomic E-state index is 9.05. The third kappa shape index (κ3) is 3.40. The Morgan fingerprint density at radius 3 is 2.78 bits per heavy atom. The lowest BCUT2D eigenvalue weighted by Crippen LogP contribution is -2.12.